The van der Waals surface area contributed by atoms with Gasteiger partial charge in [-0.25, -0.2) is 4.39 Å². The normalized spacial score (nSPS) is 25.8. The highest BCUT2D eigenvalue weighted by atomic mass is 35.5. The molecule has 1 nitrogen and oxygen atoms in total. The minimum absolute atomic E-state index is 0.155. The van der Waals surface area contributed by atoms with E-state index in [1.807, 2.05) is 0 Å². The second-order valence-corrected chi connectivity index (χ2v) is 10.1. The van der Waals surface area contributed by atoms with E-state index in [9.17, 15) is 4.39 Å². The number of hydrogen-bond donors (Lipinski definition) is 0. The van der Waals surface area contributed by atoms with Gasteiger partial charge < -0.3 is 4.74 Å². The lowest BCUT2D eigenvalue weighted by molar-refractivity contribution is 0.0776. The summed E-state index contributed by atoms with van der Waals surface area (Å²) in [7, 11) is 0. The molecule has 29 heavy (non-hydrogen) atoms. The summed E-state index contributed by atoms with van der Waals surface area (Å²) < 4.78 is 19.4. The summed E-state index contributed by atoms with van der Waals surface area (Å²) in [6.07, 6.45) is 20.8. The Morgan fingerprint density at radius 1 is 0.966 bits per heavy atom. The van der Waals surface area contributed by atoms with E-state index in [2.05, 4.69) is 6.92 Å². The van der Waals surface area contributed by atoms with Gasteiger partial charge in [0.05, 0.1) is 11.6 Å². The fourth-order valence-corrected chi connectivity index (χ4v) is 6.03. The highest BCUT2D eigenvalue weighted by Gasteiger charge is 2.37. The second-order valence-electron chi connectivity index (χ2n) is 9.72. The van der Waals surface area contributed by atoms with Crippen LogP contribution in [0.5, 0.6) is 5.75 Å². The van der Waals surface area contributed by atoms with Crippen molar-refractivity contribution < 1.29 is 9.13 Å². The largest absolute Gasteiger partial charge is 0.493 e. The lowest BCUT2D eigenvalue weighted by Crippen LogP contribution is -2.31. The van der Waals surface area contributed by atoms with Gasteiger partial charge in [-0.3, -0.25) is 0 Å². The Balaban J connectivity index is 1.48. The Kier molecular flexibility index (Phi) is 9.15. The van der Waals surface area contributed by atoms with Gasteiger partial charge in [0, 0.05) is 6.07 Å². The zero-order valence-electron chi connectivity index (χ0n) is 18.4. The van der Waals surface area contributed by atoms with Gasteiger partial charge in [0.2, 0.25) is 0 Å². The summed E-state index contributed by atoms with van der Waals surface area (Å²) in [6.45, 7) is 2.97. The molecule has 1 aromatic carbocycles. The maximum absolute atomic E-state index is 13.6. The van der Waals surface area contributed by atoms with Crippen LogP contribution in [0.2, 0.25) is 5.02 Å². The number of ether oxygens (including phenoxy) is 1. The van der Waals surface area contributed by atoms with Crippen LogP contribution < -0.4 is 4.74 Å². The van der Waals surface area contributed by atoms with Gasteiger partial charge in [0.25, 0.3) is 0 Å². The van der Waals surface area contributed by atoms with E-state index in [1.165, 1.54) is 96.0 Å². The summed E-state index contributed by atoms with van der Waals surface area (Å²) in [4.78, 5) is 0. The molecule has 0 spiro atoms. The number of unbranched alkanes of at least 4 members (excludes halogenated alkanes) is 2. The molecule has 2 fully saturated rings. The fraction of sp³-hybridized carbons (Fsp3) is 0.769. The van der Waals surface area contributed by atoms with Crippen molar-refractivity contribution in [2.75, 3.05) is 6.61 Å². The molecule has 2 saturated carbocycles. The highest BCUT2D eigenvalue weighted by molar-refractivity contribution is 6.30. The minimum atomic E-state index is -0.402. The first-order chi connectivity index (χ1) is 14.1. The van der Waals surface area contributed by atoms with Crippen molar-refractivity contribution in [3.8, 4) is 5.75 Å². The minimum Gasteiger partial charge on any atom is -0.493 e. The summed E-state index contributed by atoms with van der Waals surface area (Å²) in [5.74, 6) is 2.19. The van der Waals surface area contributed by atoms with E-state index in [-0.39, 0.29) is 5.02 Å². The van der Waals surface area contributed by atoms with Gasteiger partial charge >= 0.3 is 0 Å². The van der Waals surface area contributed by atoms with Gasteiger partial charge in [-0.1, -0.05) is 69.9 Å². The summed E-state index contributed by atoms with van der Waals surface area (Å²) in [5.41, 5.74) is 0.523. The molecule has 1 aromatic rings. The Labute approximate surface area is 182 Å². The van der Waals surface area contributed by atoms with Gasteiger partial charge in [-0.15, -0.1) is 0 Å². The SMILES string of the molecule is CCCCCC1(CCCOc2ccc(Cl)c(F)c2)CCC(C2CCCCC2)CC1. The first kappa shape index (κ1) is 22.9. The van der Waals surface area contributed by atoms with Gasteiger partial charge in [0.15, 0.2) is 0 Å². The summed E-state index contributed by atoms with van der Waals surface area (Å²) in [5, 5.41) is 0.155. The molecule has 0 aliphatic heterocycles. The second kappa shape index (κ2) is 11.6. The molecule has 0 aromatic heterocycles. The number of hydrogen-bond acceptors (Lipinski definition) is 1. The lowest BCUT2D eigenvalue weighted by atomic mass is 9.62. The van der Waals surface area contributed by atoms with Crippen molar-refractivity contribution in [3.05, 3.63) is 29.0 Å². The zero-order valence-corrected chi connectivity index (χ0v) is 19.1. The summed E-state index contributed by atoms with van der Waals surface area (Å²) >= 11 is 5.76. The monoisotopic (exact) mass is 422 g/mol. The third-order valence-corrected chi connectivity index (χ3v) is 8.04. The average molecular weight is 423 g/mol. The number of benzene rings is 1. The van der Waals surface area contributed by atoms with E-state index in [4.69, 9.17) is 16.3 Å². The van der Waals surface area contributed by atoms with E-state index in [0.717, 1.165) is 18.3 Å². The van der Waals surface area contributed by atoms with Crippen LogP contribution in [0.3, 0.4) is 0 Å². The maximum atomic E-state index is 13.6. The van der Waals surface area contributed by atoms with Crippen LogP contribution >= 0.6 is 11.6 Å². The Morgan fingerprint density at radius 3 is 2.34 bits per heavy atom. The van der Waals surface area contributed by atoms with Crippen molar-refractivity contribution in [3.63, 3.8) is 0 Å². The van der Waals surface area contributed by atoms with Crippen molar-refractivity contribution in [1.29, 1.82) is 0 Å². The molecule has 2 aliphatic carbocycles. The predicted molar refractivity (Wildman–Crippen MR) is 121 cm³/mol. The molecule has 2 aliphatic rings. The molecule has 0 atom stereocenters. The molecule has 0 radical (unpaired) electrons. The Morgan fingerprint density at radius 2 is 1.66 bits per heavy atom. The quantitative estimate of drug-likeness (QED) is 0.342. The first-order valence-corrected chi connectivity index (χ1v) is 12.6. The van der Waals surface area contributed by atoms with Gasteiger partial charge in [-0.2, -0.15) is 0 Å². The molecule has 0 N–H and O–H groups in total. The molecular formula is C26H40ClFO. The Bertz CT molecular complexity index is 603. The first-order valence-electron chi connectivity index (χ1n) is 12.2. The van der Waals surface area contributed by atoms with Crippen molar-refractivity contribution in [1.82, 2.24) is 0 Å². The molecule has 3 rings (SSSR count). The van der Waals surface area contributed by atoms with Crippen molar-refractivity contribution in [2.45, 2.75) is 103 Å². The molecule has 164 valence electrons. The fourth-order valence-electron chi connectivity index (χ4n) is 5.91. The van der Waals surface area contributed by atoms with Crippen LogP contribution in [0.4, 0.5) is 4.39 Å². The maximum Gasteiger partial charge on any atom is 0.145 e. The van der Waals surface area contributed by atoms with Crippen LogP contribution in [0.25, 0.3) is 0 Å². The van der Waals surface area contributed by atoms with Gasteiger partial charge in [-0.05, 0) is 74.3 Å². The average Bonchev–Trinajstić information content (AvgIpc) is 2.75. The lowest BCUT2D eigenvalue weighted by Gasteiger charge is -2.43. The summed E-state index contributed by atoms with van der Waals surface area (Å²) in [6, 6.07) is 4.73. The van der Waals surface area contributed by atoms with Crippen LogP contribution in [0.15, 0.2) is 18.2 Å². The molecule has 0 amide bonds. The van der Waals surface area contributed by atoms with E-state index < -0.39 is 5.82 Å². The highest BCUT2D eigenvalue weighted by Crippen LogP contribution is 2.49. The van der Waals surface area contributed by atoms with Crippen molar-refractivity contribution in [2.24, 2.45) is 17.3 Å². The molecule has 3 heteroatoms. The Hall–Kier alpha value is -0.760. The van der Waals surface area contributed by atoms with Crippen LogP contribution in [-0.2, 0) is 0 Å². The van der Waals surface area contributed by atoms with Crippen LogP contribution in [-0.4, -0.2) is 6.61 Å². The molecule has 0 saturated heterocycles. The van der Waals surface area contributed by atoms with E-state index in [1.54, 1.807) is 12.1 Å². The third kappa shape index (κ3) is 6.88. The van der Waals surface area contributed by atoms with Crippen molar-refractivity contribution >= 4 is 11.6 Å². The molecule has 0 bridgehead atoms. The number of rotatable bonds is 10. The number of halogens is 2. The smallest absolute Gasteiger partial charge is 0.145 e. The van der Waals surface area contributed by atoms with E-state index in [0.29, 0.717) is 17.8 Å². The van der Waals surface area contributed by atoms with E-state index >= 15 is 0 Å². The van der Waals surface area contributed by atoms with Gasteiger partial charge in [0.1, 0.15) is 11.6 Å². The zero-order chi connectivity index (χ0) is 20.5. The standard InChI is InChI=1S/C26H40ClFO/c1-2-3-7-15-26(16-8-19-29-23-11-12-24(27)25(28)20-23)17-13-22(14-18-26)21-9-5-4-6-10-21/h11-12,20-22H,2-10,13-19H2,1H3. The third-order valence-electron chi connectivity index (χ3n) is 7.73. The van der Waals surface area contributed by atoms with Crippen LogP contribution in [0.1, 0.15) is 103 Å². The molecule has 0 unspecified atom stereocenters. The molecular weight excluding hydrogens is 383 g/mol. The topological polar surface area (TPSA) is 9.23 Å². The molecule has 0 heterocycles. The predicted octanol–water partition coefficient (Wildman–Crippen LogP) is 8.98. The van der Waals surface area contributed by atoms with Crippen LogP contribution in [0, 0.1) is 23.1 Å².